The highest BCUT2D eigenvalue weighted by Crippen LogP contribution is 2.25. The molecule has 0 aliphatic heterocycles. The standard InChI is InChI=1S/C15H17N/c1-10-7-13-9-12-5-3-4-6-14(12)16-15(13)8-11(10)2/h7-9H,3-6H2,1-2H3. The van der Waals surface area contributed by atoms with Gasteiger partial charge in [0.1, 0.15) is 0 Å². The summed E-state index contributed by atoms with van der Waals surface area (Å²) in [5, 5.41) is 1.31. The van der Waals surface area contributed by atoms with Gasteiger partial charge in [0.05, 0.1) is 5.52 Å². The van der Waals surface area contributed by atoms with E-state index in [9.17, 15) is 0 Å². The molecule has 1 aliphatic carbocycles. The van der Waals surface area contributed by atoms with Crippen molar-refractivity contribution in [2.24, 2.45) is 0 Å². The minimum Gasteiger partial charge on any atom is -0.253 e. The fraction of sp³-hybridized carbons (Fsp3) is 0.400. The number of aryl methyl sites for hydroxylation is 4. The first-order valence-electron chi connectivity index (χ1n) is 6.14. The first-order chi connectivity index (χ1) is 7.74. The lowest BCUT2D eigenvalue weighted by Crippen LogP contribution is -2.05. The van der Waals surface area contributed by atoms with Gasteiger partial charge < -0.3 is 0 Å². The van der Waals surface area contributed by atoms with Crippen LogP contribution in [0.15, 0.2) is 18.2 Å². The lowest BCUT2D eigenvalue weighted by atomic mass is 9.94. The van der Waals surface area contributed by atoms with E-state index < -0.39 is 0 Å². The van der Waals surface area contributed by atoms with Crippen LogP contribution >= 0.6 is 0 Å². The molecule has 1 aromatic carbocycles. The Morgan fingerprint density at radius 1 is 0.938 bits per heavy atom. The molecule has 0 spiro atoms. The molecular weight excluding hydrogens is 194 g/mol. The fourth-order valence-electron chi connectivity index (χ4n) is 2.56. The molecule has 1 heteroatoms. The summed E-state index contributed by atoms with van der Waals surface area (Å²) in [6.07, 6.45) is 5.00. The highest BCUT2D eigenvalue weighted by molar-refractivity contribution is 5.81. The molecular formula is C15H17N. The maximum Gasteiger partial charge on any atom is 0.0708 e. The van der Waals surface area contributed by atoms with Gasteiger partial charge in [-0.25, -0.2) is 0 Å². The Morgan fingerprint density at radius 3 is 2.56 bits per heavy atom. The minimum absolute atomic E-state index is 1.16. The first kappa shape index (κ1) is 9.83. The van der Waals surface area contributed by atoms with Gasteiger partial charge in [0.2, 0.25) is 0 Å². The van der Waals surface area contributed by atoms with Crippen molar-refractivity contribution < 1.29 is 0 Å². The van der Waals surface area contributed by atoms with Crippen LogP contribution in [0.25, 0.3) is 10.9 Å². The SMILES string of the molecule is Cc1cc2cc3c(nc2cc1C)CCCC3. The number of benzene rings is 1. The summed E-state index contributed by atoms with van der Waals surface area (Å²) >= 11 is 0. The van der Waals surface area contributed by atoms with Crippen molar-refractivity contribution in [1.82, 2.24) is 4.98 Å². The molecule has 1 aliphatic rings. The van der Waals surface area contributed by atoms with Crippen LogP contribution in [0.5, 0.6) is 0 Å². The summed E-state index contributed by atoms with van der Waals surface area (Å²) < 4.78 is 0. The summed E-state index contributed by atoms with van der Waals surface area (Å²) in [6.45, 7) is 4.34. The predicted molar refractivity (Wildman–Crippen MR) is 67.9 cm³/mol. The average molecular weight is 211 g/mol. The molecule has 0 atom stereocenters. The molecule has 0 bridgehead atoms. The third kappa shape index (κ3) is 1.51. The highest BCUT2D eigenvalue weighted by atomic mass is 14.7. The molecule has 1 aromatic heterocycles. The number of fused-ring (bicyclic) bond motifs is 2. The highest BCUT2D eigenvalue weighted by Gasteiger charge is 2.11. The Morgan fingerprint density at radius 2 is 1.69 bits per heavy atom. The van der Waals surface area contributed by atoms with E-state index in [1.54, 1.807) is 0 Å². The van der Waals surface area contributed by atoms with Crippen LogP contribution in [0.4, 0.5) is 0 Å². The van der Waals surface area contributed by atoms with E-state index >= 15 is 0 Å². The molecule has 0 radical (unpaired) electrons. The number of aromatic nitrogens is 1. The maximum absolute atomic E-state index is 4.82. The van der Waals surface area contributed by atoms with Crippen molar-refractivity contribution in [2.45, 2.75) is 39.5 Å². The summed E-state index contributed by atoms with van der Waals surface area (Å²) in [5.74, 6) is 0. The van der Waals surface area contributed by atoms with Crippen LogP contribution in [0.2, 0.25) is 0 Å². The molecule has 0 fully saturated rings. The van der Waals surface area contributed by atoms with E-state index in [-0.39, 0.29) is 0 Å². The predicted octanol–water partition coefficient (Wildman–Crippen LogP) is 3.73. The molecule has 1 heterocycles. The number of hydrogen-bond donors (Lipinski definition) is 0. The molecule has 1 nitrogen and oxygen atoms in total. The van der Waals surface area contributed by atoms with Gasteiger partial charge in [0.25, 0.3) is 0 Å². The van der Waals surface area contributed by atoms with Crippen molar-refractivity contribution in [3.8, 4) is 0 Å². The third-order valence-electron chi connectivity index (χ3n) is 3.71. The molecule has 3 rings (SSSR count). The number of hydrogen-bond acceptors (Lipinski definition) is 1. The molecule has 0 amide bonds. The zero-order valence-corrected chi connectivity index (χ0v) is 10.0. The Kier molecular flexibility index (Phi) is 2.20. The van der Waals surface area contributed by atoms with Gasteiger partial charge in [0.15, 0.2) is 0 Å². The van der Waals surface area contributed by atoms with E-state index in [1.165, 1.54) is 52.5 Å². The molecule has 0 saturated heterocycles. The van der Waals surface area contributed by atoms with Gasteiger partial charge in [-0.2, -0.15) is 0 Å². The number of nitrogens with zero attached hydrogens (tertiary/aromatic N) is 1. The van der Waals surface area contributed by atoms with Crippen molar-refractivity contribution >= 4 is 10.9 Å². The lowest BCUT2D eigenvalue weighted by molar-refractivity contribution is 0.671. The molecule has 0 saturated carbocycles. The molecule has 2 aromatic rings. The van der Waals surface area contributed by atoms with Crippen LogP contribution in [0, 0.1) is 13.8 Å². The van der Waals surface area contributed by atoms with E-state index in [0.29, 0.717) is 0 Å². The van der Waals surface area contributed by atoms with Gasteiger partial charge in [-0.05, 0) is 74.4 Å². The minimum atomic E-state index is 1.16. The van der Waals surface area contributed by atoms with Crippen molar-refractivity contribution in [2.75, 3.05) is 0 Å². The van der Waals surface area contributed by atoms with Crippen LogP contribution < -0.4 is 0 Å². The Hall–Kier alpha value is -1.37. The molecule has 16 heavy (non-hydrogen) atoms. The summed E-state index contributed by atoms with van der Waals surface area (Å²) in [6, 6.07) is 6.84. The third-order valence-corrected chi connectivity index (χ3v) is 3.71. The largest absolute Gasteiger partial charge is 0.253 e. The number of pyridine rings is 1. The monoisotopic (exact) mass is 211 g/mol. The quantitative estimate of drug-likeness (QED) is 0.647. The molecule has 82 valence electrons. The Bertz CT molecular complexity index is 504. The van der Waals surface area contributed by atoms with Gasteiger partial charge in [-0.15, -0.1) is 0 Å². The van der Waals surface area contributed by atoms with Crippen LogP contribution in [0.3, 0.4) is 0 Å². The van der Waals surface area contributed by atoms with E-state index in [2.05, 4.69) is 32.0 Å². The Balaban J connectivity index is 2.27. The van der Waals surface area contributed by atoms with Crippen molar-refractivity contribution in [1.29, 1.82) is 0 Å². The second kappa shape index (κ2) is 3.58. The van der Waals surface area contributed by atoms with Gasteiger partial charge in [-0.3, -0.25) is 4.98 Å². The lowest BCUT2D eigenvalue weighted by Gasteiger charge is -2.16. The van der Waals surface area contributed by atoms with Gasteiger partial charge >= 0.3 is 0 Å². The summed E-state index contributed by atoms with van der Waals surface area (Å²) in [5.41, 5.74) is 6.69. The fourth-order valence-corrected chi connectivity index (χ4v) is 2.56. The van der Waals surface area contributed by atoms with Gasteiger partial charge in [-0.1, -0.05) is 0 Å². The maximum atomic E-state index is 4.82. The van der Waals surface area contributed by atoms with Gasteiger partial charge in [0, 0.05) is 11.1 Å². The van der Waals surface area contributed by atoms with E-state index in [4.69, 9.17) is 4.98 Å². The van der Waals surface area contributed by atoms with Crippen molar-refractivity contribution in [3.63, 3.8) is 0 Å². The normalized spacial score (nSPS) is 15.1. The van der Waals surface area contributed by atoms with Crippen molar-refractivity contribution in [3.05, 3.63) is 40.6 Å². The second-order valence-electron chi connectivity index (χ2n) is 4.93. The Labute approximate surface area is 96.5 Å². The zero-order valence-electron chi connectivity index (χ0n) is 10.0. The smallest absolute Gasteiger partial charge is 0.0708 e. The van der Waals surface area contributed by atoms with Crippen LogP contribution in [-0.2, 0) is 12.8 Å². The van der Waals surface area contributed by atoms with E-state index in [1.807, 2.05) is 0 Å². The summed E-state index contributed by atoms with van der Waals surface area (Å²) in [4.78, 5) is 4.82. The van der Waals surface area contributed by atoms with Crippen LogP contribution in [-0.4, -0.2) is 4.98 Å². The van der Waals surface area contributed by atoms with Crippen LogP contribution in [0.1, 0.15) is 35.2 Å². The topological polar surface area (TPSA) is 12.9 Å². The first-order valence-corrected chi connectivity index (χ1v) is 6.14. The molecule has 0 N–H and O–H groups in total. The van der Waals surface area contributed by atoms with E-state index in [0.717, 1.165) is 6.42 Å². The number of rotatable bonds is 0. The zero-order chi connectivity index (χ0) is 11.1. The molecule has 0 unspecified atom stereocenters. The summed E-state index contributed by atoms with van der Waals surface area (Å²) in [7, 11) is 0. The second-order valence-corrected chi connectivity index (χ2v) is 4.93. The average Bonchev–Trinajstić information content (AvgIpc) is 2.28.